The quantitative estimate of drug-likeness (QED) is 0.397. The van der Waals surface area contributed by atoms with Gasteiger partial charge in [-0.15, -0.1) is 0 Å². The Labute approximate surface area is 203 Å². The van der Waals surface area contributed by atoms with Crippen LogP contribution in [0.1, 0.15) is 109 Å². The average molecular weight is 445 g/mol. The van der Waals surface area contributed by atoms with E-state index in [1.165, 1.54) is 19.3 Å². The van der Waals surface area contributed by atoms with E-state index in [2.05, 4.69) is 83.1 Å². The summed E-state index contributed by atoms with van der Waals surface area (Å²) >= 11 is 0. The summed E-state index contributed by atoms with van der Waals surface area (Å²) in [5.41, 5.74) is 0. The molecule has 0 aliphatic heterocycles. The smallest absolute Gasteiger partial charge is 0.0326 e. The Morgan fingerprint density at radius 1 is 0.438 bits per heavy atom. The fourth-order valence-corrected chi connectivity index (χ4v) is 10.1. The lowest BCUT2D eigenvalue weighted by Gasteiger charge is -2.53. The van der Waals surface area contributed by atoms with Crippen molar-refractivity contribution in [3.8, 4) is 0 Å². The van der Waals surface area contributed by atoms with Crippen LogP contribution >= 0.6 is 0 Å². The van der Waals surface area contributed by atoms with Crippen LogP contribution in [0.25, 0.3) is 0 Å². The molecular weight excluding hydrogens is 384 g/mol. The van der Waals surface area contributed by atoms with Crippen molar-refractivity contribution >= 4 is 0 Å². The van der Waals surface area contributed by atoms with Crippen LogP contribution in [0, 0.1) is 94.7 Å². The van der Waals surface area contributed by atoms with E-state index in [1.54, 1.807) is 6.42 Å². The summed E-state index contributed by atoms with van der Waals surface area (Å²) in [5.74, 6) is 15.2. The van der Waals surface area contributed by atoms with E-state index < -0.39 is 0 Å². The zero-order valence-corrected chi connectivity index (χ0v) is 24.1. The summed E-state index contributed by atoms with van der Waals surface area (Å²) in [6.07, 6.45) is 5.84. The molecule has 0 nitrogen and oxygen atoms in total. The molecule has 4 fully saturated rings. The number of hydrogen-bond donors (Lipinski definition) is 0. The van der Waals surface area contributed by atoms with Crippen molar-refractivity contribution in [1.29, 1.82) is 0 Å². The number of hydrogen-bond acceptors (Lipinski definition) is 0. The van der Waals surface area contributed by atoms with Crippen LogP contribution < -0.4 is 0 Å². The molecule has 188 valence electrons. The van der Waals surface area contributed by atoms with E-state index in [0.717, 1.165) is 94.7 Å². The van der Waals surface area contributed by atoms with Crippen LogP contribution in [0.15, 0.2) is 0 Å². The second-order valence-corrected chi connectivity index (χ2v) is 14.1. The second-order valence-electron chi connectivity index (χ2n) is 14.1. The standard InChI is InChI=1S/C29H52.C3H8/c1-14-11-26-24(20(7)18(5)22(9)28(26)16(14)3)13-25-21(8)19(6)23(10)29-17(4)15(2)12-27(25)29;1-3-2/h14-29H,11-13H2,1-10H3;3H2,1-2H3. The van der Waals surface area contributed by atoms with Gasteiger partial charge in [-0.25, -0.2) is 0 Å². The van der Waals surface area contributed by atoms with Gasteiger partial charge in [-0.2, -0.15) is 0 Å². The first-order valence-electron chi connectivity index (χ1n) is 15.0. The van der Waals surface area contributed by atoms with Gasteiger partial charge in [0.25, 0.3) is 0 Å². The van der Waals surface area contributed by atoms with E-state index >= 15 is 0 Å². The monoisotopic (exact) mass is 444 g/mol. The van der Waals surface area contributed by atoms with E-state index in [9.17, 15) is 0 Å². The van der Waals surface area contributed by atoms with Gasteiger partial charge in [0.05, 0.1) is 0 Å². The SMILES string of the molecule is CC1CC2C(CC3C(C)C(C)C(C)C4C(C)C(C)CC34)C(C)C(C)C(C)C2C1C.CCC. The lowest BCUT2D eigenvalue weighted by atomic mass is 9.52. The maximum Gasteiger partial charge on any atom is -0.0326 e. The third kappa shape index (κ3) is 4.37. The van der Waals surface area contributed by atoms with Gasteiger partial charge in [-0.3, -0.25) is 0 Å². The van der Waals surface area contributed by atoms with Crippen LogP contribution in [0.4, 0.5) is 0 Å². The maximum atomic E-state index is 2.65. The highest BCUT2D eigenvalue weighted by atomic mass is 14.6. The molecule has 4 rings (SSSR count). The highest BCUT2D eigenvalue weighted by Gasteiger charge is 2.56. The van der Waals surface area contributed by atoms with Crippen LogP contribution in [-0.4, -0.2) is 0 Å². The van der Waals surface area contributed by atoms with Gasteiger partial charge in [-0.1, -0.05) is 89.5 Å². The molecule has 0 aromatic carbocycles. The minimum absolute atomic E-state index is 0.904. The molecule has 16 atom stereocenters. The van der Waals surface area contributed by atoms with Crippen molar-refractivity contribution in [1.82, 2.24) is 0 Å². The highest BCUT2D eigenvalue weighted by Crippen LogP contribution is 2.62. The minimum Gasteiger partial charge on any atom is -0.0656 e. The molecule has 0 aromatic heterocycles. The fraction of sp³-hybridized carbons (Fsp3) is 1.00. The van der Waals surface area contributed by atoms with Crippen LogP contribution in [-0.2, 0) is 0 Å². The Hall–Kier alpha value is 0. The summed E-state index contributed by atoms with van der Waals surface area (Å²) in [6.45, 7) is 30.3. The van der Waals surface area contributed by atoms with Crippen LogP contribution in [0.2, 0.25) is 0 Å². The summed E-state index contributed by atoms with van der Waals surface area (Å²) in [4.78, 5) is 0. The Bertz CT molecular complexity index is 543. The largest absolute Gasteiger partial charge is 0.0656 e. The molecule has 0 saturated heterocycles. The van der Waals surface area contributed by atoms with Crippen molar-refractivity contribution in [3.05, 3.63) is 0 Å². The molecule has 0 amide bonds. The average Bonchev–Trinajstić information content (AvgIpc) is 3.20. The van der Waals surface area contributed by atoms with Gasteiger partial charge in [0.2, 0.25) is 0 Å². The fourth-order valence-electron chi connectivity index (χ4n) is 10.1. The number of fused-ring (bicyclic) bond motifs is 2. The first-order chi connectivity index (χ1) is 15.0. The van der Waals surface area contributed by atoms with E-state index in [-0.39, 0.29) is 0 Å². The van der Waals surface area contributed by atoms with Crippen molar-refractivity contribution in [2.45, 2.75) is 109 Å². The van der Waals surface area contributed by atoms with Crippen LogP contribution in [0.5, 0.6) is 0 Å². The van der Waals surface area contributed by atoms with Gasteiger partial charge in [0.1, 0.15) is 0 Å². The molecule has 32 heavy (non-hydrogen) atoms. The summed E-state index contributed by atoms with van der Waals surface area (Å²) in [5, 5.41) is 0. The zero-order chi connectivity index (χ0) is 24.1. The molecular formula is C32H60. The molecule has 0 radical (unpaired) electrons. The van der Waals surface area contributed by atoms with Crippen molar-refractivity contribution < 1.29 is 0 Å². The van der Waals surface area contributed by atoms with Crippen molar-refractivity contribution in [3.63, 3.8) is 0 Å². The lowest BCUT2D eigenvalue weighted by Crippen LogP contribution is -2.47. The zero-order valence-electron chi connectivity index (χ0n) is 24.1. The van der Waals surface area contributed by atoms with E-state index in [0.29, 0.717) is 0 Å². The maximum absolute atomic E-state index is 2.65. The van der Waals surface area contributed by atoms with Gasteiger partial charge < -0.3 is 0 Å². The lowest BCUT2D eigenvalue weighted by molar-refractivity contribution is -0.0496. The Morgan fingerprint density at radius 3 is 1.06 bits per heavy atom. The predicted octanol–water partition coefficient (Wildman–Crippen LogP) is 9.69. The summed E-state index contributed by atoms with van der Waals surface area (Å²) in [7, 11) is 0. The molecule has 0 spiro atoms. The summed E-state index contributed by atoms with van der Waals surface area (Å²) < 4.78 is 0. The molecule has 16 unspecified atom stereocenters. The first kappa shape index (κ1) is 26.6. The van der Waals surface area contributed by atoms with Crippen LogP contribution in [0.3, 0.4) is 0 Å². The molecule has 4 aliphatic rings. The Balaban J connectivity index is 0.000000913. The molecule has 0 N–H and O–H groups in total. The predicted molar refractivity (Wildman–Crippen MR) is 142 cm³/mol. The number of rotatable bonds is 2. The van der Waals surface area contributed by atoms with Crippen molar-refractivity contribution in [2.24, 2.45) is 94.7 Å². The van der Waals surface area contributed by atoms with E-state index in [4.69, 9.17) is 0 Å². The molecule has 0 heteroatoms. The van der Waals surface area contributed by atoms with Gasteiger partial charge in [0, 0.05) is 0 Å². The Kier molecular flexibility index (Phi) is 8.58. The molecule has 0 bridgehead atoms. The molecule has 4 saturated carbocycles. The topological polar surface area (TPSA) is 0 Å². The molecule has 0 aromatic rings. The third-order valence-electron chi connectivity index (χ3n) is 12.8. The van der Waals surface area contributed by atoms with Crippen molar-refractivity contribution in [2.75, 3.05) is 0 Å². The highest BCUT2D eigenvalue weighted by molar-refractivity contribution is 5.04. The second kappa shape index (κ2) is 10.3. The van der Waals surface area contributed by atoms with Gasteiger partial charge in [-0.05, 0) is 114 Å². The normalized spacial score (nSPS) is 57.4. The first-order valence-corrected chi connectivity index (χ1v) is 15.0. The molecule has 0 heterocycles. The Morgan fingerprint density at radius 2 is 0.750 bits per heavy atom. The summed E-state index contributed by atoms with van der Waals surface area (Å²) in [6, 6.07) is 0. The third-order valence-corrected chi connectivity index (χ3v) is 12.8. The van der Waals surface area contributed by atoms with Gasteiger partial charge >= 0.3 is 0 Å². The molecule has 4 aliphatic carbocycles. The minimum atomic E-state index is 0.904. The van der Waals surface area contributed by atoms with E-state index in [1.807, 2.05) is 0 Å². The van der Waals surface area contributed by atoms with Gasteiger partial charge in [0.15, 0.2) is 0 Å².